The van der Waals surface area contributed by atoms with Crippen molar-refractivity contribution in [2.75, 3.05) is 13.1 Å². The van der Waals surface area contributed by atoms with E-state index in [1.165, 1.54) is 6.42 Å². The molecule has 128 valence electrons. The first kappa shape index (κ1) is 17.5. The molecule has 6 heteroatoms. The molecule has 0 aliphatic heterocycles. The quantitative estimate of drug-likeness (QED) is 0.789. The monoisotopic (exact) mass is 321 g/mol. The average molecular weight is 321 g/mol. The van der Waals surface area contributed by atoms with Crippen LogP contribution in [0.1, 0.15) is 62.3 Å². The van der Waals surface area contributed by atoms with E-state index in [4.69, 9.17) is 4.42 Å². The summed E-state index contributed by atoms with van der Waals surface area (Å²) in [6.45, 7) is 6.70. The Hall–Kier alpha value is -1.82. The van der Waals surface area contributed by atoms with Gasteiger partial charge in [-0.25, -0.2) is 0 Å². The van der Waals surface area contributed by atoms with Gasteiger partial charge in [0.2, 0.25) is 5.91 Å². The van der Waals surface area contributed by atoms with Gasteiger partial charge in [0.25, 0.3) is 0 Å². The lowest BCUT2D eigenvalue weighted by atomic mass is 9.89. The van der Waals surface area contributed by atoms with Gasteiger partial charge in [0, 0.05) is 5.92 Å². The minimum absolute atomic E-state index is 0.0129. The van der Waals surface area contributed by atoms with Crippen LogP contribution in [-0.2, 0) is 11.3 Å². The van der Waals surface area contributed by atoms with Gasteiger partial charge in [-0.05, 0) is 38.1 Å². The topological polar surface area (TPSA) is 74.6 Å². The van der Waals surface area contributed by atoms with E-state index in [1.54, 1.807) is 12.1 Å². The van der Waals surface area contributed by atoms with Crippen molar-refractivity contribution in [1.29, 1.82) is 0 Å². The van der Waals surface area contributed by atoms with Gasteiger partial charge in [-0.15, -0.1) is 0 Å². The predicted molar refractivity (Wildman–Crippen MR) is 87.5 cm³/mol. The van der Waals surface area contributed by atoms with E-state index in [0.29, 0.717) is 6.54 Å². The fourth-order valence-corrected chi connectivity index (χ4v) is 2.90. The van der Waals surface area contributed by atoms with Crippen molar-refractivity contribution in [3.63, 3.8) is 0 Å². The predicted octanol–water partition coefficient (Wildman–Crippen LogP) is 2.46. The van der Waals surface area contributed by atoms with Crippen LogP contribution >= 0.6 is 0 Å². The zero-order valence-corrected chi connectivity index (χ0v) is 14.1. The van der Waals surface area contributed by atoms with Crippen molar-refractivity contribution in [2.45, 2.75) is 52.5 Å². The molecule has 1 aliphatic rings. The lowest BCUT2D eigenvalue weighted by molar-refractivity contribution is -0.126. The van der Waals surface area contributed by atoms with Crippen LogP contribution in [0.25, 0.3) is 0 Å². The summed E-state index contributed by atoms with van der Waals surface area (Å²) in [6, 6.07) is 3.44. The SMILES string of the molecule is CCN(CC)Cc1ccc(C(=O)NNC(=O)C2CCCCC2)o1. The van der Waals surface area contributed by atoms with Crippen LogP contribution in [-0.4, -0.2) is 29.8 Å². The highest BCUT2D eigenvalue weighted by Crippen LogP contribution is 2.23. The van der Waals surface area contributed by atoms with Gasteiger partial charge in [-0.2, -0.15) is 0 Å². The zero-order chi connectivity index (χ0) is 16.7. The molecule has 0 radical (unpaired) electrons. The summed E-state index contributed by atoms with van der Waals surface area (Å²) in [4.78, 5) is 26.2. The van der Waals surface area contributed by atoms with E-state index in [9.17, 15) is 9.59 Å². The second kappa shape index (κ2) is 8.72. The van der Waals surface area contributed by atoms with Crippen molar-refractivity contribution in [1.82, 2.24) is 15.8 Å². The largest absolute Gasteiger partial charge is 0.454 e. The summed E-state index contributed by atoms with van der Waals surface area (Å²) in [5.74, 6) is 0.459. The smallest absolute Gasteiger partial charge is 0.305 e. The first-order chi connectivity index (χ1) is 11.1. The molecule has 1 fully saturated rings. The maximum absolute atomic E-state index is 12.0. The number of nitrogens with zero attached hydrogens (tertiary/aromatic N) is 1. The van der Waals surface area contributed by atoms with Gasteiger partial charge in [-0.1, -0.05) is 33.1 Å². The van der Waals surface area contributed by atoms with Crippen molar-refractivity contribution in [3.05, 3.63) is 23.7 Å². The van der Waals surface area contributed by atoms with Gasteiger partial charge >= 0.3 is 5.91 Å². The summed E-state index contributed by atoms with van der Waals surface area (Å²) in [7, 11) is 0. The van der Waals surface area contributed by atoms with Crippen molar-refractivity contribution < 1.29 is 14.0 Å². The first-order valence-corrected chi connectivity index (χ1v) is 8.55. The highest BCUT2D eigenvalue weighted by molar-refractivity contribution is 5.93. The van der Waals surface area contributed by atoms with Gasteiger partial charge in [-0.3, -0.25) is 25.3 Å². The molecule has 0 saturated heterocycles. The van der Waals surface area contributed by atoms with Crippen LogP contribution in [0.2, 0.25) is 0 Å². The van der Waals surface area contributed by atoms with E-state index in [2.05, 4.69) is 29.6 Å². The molecule has 0 spiro atoms. The van der Waals surface area contributed by atoms with Crippen LogP contribution in [0, 0.1) is 5.92 Å². The number of nitrogens with one attached hydrogen (secondary N) is 2. The third-order valence-corrected chi connectivity index (χ3v) is 4.43. The van der Waals surface area contributed by atoms with E-state index in [0.717, 1.165) is 44.5 Å². The molecule has 1 aromatic heterocycles. The number of hydrogen-bond donors (Lipinski definition) is 2. The Bertz CT molecular complexity index is 517. The van der Waals surface area contributed by atoms with E-state index < -0.39 is 5.91 Å². The highest BCUT2D eigenvalue weighted by atomic mass is 16.4. The lowest BCUT2D eigenvalue weighted by Crippen LogP contribution is -2.44. The Morgan fingerprint density at radius 3 is 2.48 bits per heavy atom. The summed E-state index contributed by atoms with van der Waals surface area (Å²) >= 11 is 0. The first-order valence-electron chi connectivity index (χ1n) is 8.55. The van der Waals surface area contributed by atoms with Crippen LogP contribution in [0.3, 0.4) is 0 Å². The van der Waals surface area contributed by atoms with Gasteiger partial charge in [0.05, 0.1) is 6.54 Å². The molecule has 0 unspecified atom stereocenters. The minimum Gasteiger partial charge on any atom is -0.454 e. The maximum Gasteiger partial charge on any atom is 0.305 e. The number of hydrazine groups is 1. The Morgan fingerprint density at radius 1 is 1.13 bits per heavy atom. The number of carbonyl (C=O) groups excluding carboxylic acids is 2. The molecule has 0 aromatic carbocycles. The number of amides is 2. The van der Waals surface area contributed by atoms with E-state index >= 15 is 0 Å². The standard InChI is InChI=1S/C17H27N3O3/c1-3-20(4-2)12-14-10-11-15(23-14)17(22)19-18-16(21)13-8-6-5-7-9-13/h10-11,13H,3-9,12H2,1-2H3,(H,18,21)(H,19,22). The van der Waals surface area contributed by atoms with Crippen molar-refractivity contribution in [3.8, 4) is 0 Å². The normalized spacial score (nSPS) is 15.6. The second-order valence-corrected chi connectivity index (χ2v) is 6.01. The van der Waals surface area contributed by atoms with Gasteiger partial charge < -0.3 is 4.42 Å². The summed E-state index contributed by atoms with van der Waals surface area (Å²) < 4.78 is 5.55. The molecular formula is C17H27N3O3. The molecule has 1 saturated carbocycles. The fraction of sp³-hybridized carbons (Fsp3) is 0.647. The lowest BCUT2D eigenvalue weighted by Gasteiger charge is -2.20. The maximum atomic E-state index is 12.0. The number of carbonyl (C=O) groups is 2. The molecule has 1 heterocycles. The van der Waals surface area contributed by atoms with Crippen LogP contribution < -0.4 is 10.9 Å². The van der Waals surface area contributed by atoms with Crippen molar-refractivity contribution in [2.24, 2.45) is 5.92 Å². The molecule has 6 nitrogen and oxygen atoms in total. The molecule has 2 N–H and O–H groups in total. The van der Waals surface area contributed by atoms with Crippen molar-refractivity contribution >= 4 is 11.8 Å². The summed E-state index contributed by atoms with van der Waals surface area (Å²) in [5, 5.41) is 0. The number of furan rings is 1. The minimum atomic E-state index is -0.417. The molecule has 0 atom stereocenters. The molecule has 23 heavy (non-hydrogen) atoms. The van der Waals surface area contributed by atoms with Crippen LogP contribution in [0.15, 0.2) is 16.5 Å². The highest BCUT2D eigenvalue weighted by Gasteiger charge is 2.22. The van der Waals surface area contributed by atoms with Gasteiger partial charge in [0.15, 0.2) is 5.76 Å². The molecule has 1 aromatic rings. The second-order valence-electron chi connectivity index (χ2n) is 6.01. The molecule has 2 rings (SSSR count). The zero-order valence-electron chi connectivity index (χ0n) is 14.1. The third-order valence-electron chi connectivity index (χ3n) is 4.43. The summed E-state index contributed by atoms with van der Waals surface area (Å²) in [5.41, 5.74) is 4.96. The number of rotatable bonds is 6. The third kappa shape index (κ3) is 5.10. The van der Waals surface area contributed by atoms with Crippen LogP contribution in [0.4, 0.5) is 0 Å². The van der Waals surface area contributed by atoms with Gasteiger partial charge in [0.1, 0.15) is 5.76 Å². The van der Waals surface area contributed by atoms with Crippen LogP contribution in [0.5, 0.6) is 0 Å². The Morgan fingerprint density at radius 2 is 1.83 bits per heavy atom. The molecular weight excluding hydrogens is 294 g/mol. The Kier molecular flexibility index (Phi) is 6.65. The Labute approximate surface area is 137 Å². The van der Waals surface area contributed by atoms with E-state index in [1.807, 2.05) is 0 Å². The molecule has 1 aliphatic carbocycles. The molecule has 0 bridgehead atoms. The molecule has 2 amide bonds. The Balaban J connectivity index is 1.81. The number of hydrogen-bond acceptors (Lipinski definition) is 4. The average Bonchev–Trinajstić information content (AvgIpc) is 3.06. The van der Waals surface area contributed by atoms with E-state index in [-0.39, 0.29) is 17.6 Å². The fourth-order valence-electron chi connectivity index (χ4n) is 2.90. The summed E-state index contributed by atoms with van der Waals surface area (Å²) in [6.07, 6.45) is 5.16.